The number of hydrogen-bond acceptors (Lipinski definition) is 5. The molecule has 8 heteroatoms. The van der Waals surface area contributed by atoms with Crippen LogP contribution in [0.4, 0.5) is 10.6 Å². The van der Waals surface area contributed by atoms with E-state index in [1.165, 1.54) is 11.2 Å². The smallest absolute Gasteiger partial charge is 0.407 e. The SMILES string of the molecule is Cc1n[nH]c2ncnc(N3CCN(C(=O)O)CC3)c12. The molecule has 19 heavy (non-hydrogen) atoms. The van der Waals surface area contributed by atoms with Crippen molar-refractivity contribution in [1.29, 1.82) is 0 Å². The molecule has 1 aliphatic heterocycles. The minimum atomic E-state index is -0.869. The number of carbonyl (C=O) groups is 1. The lowest BCUT2D eigenvalue weighted by Crippen LogP contribution is -2.48. The van der Waals surface area contributed by atoms with Crippen LogP contribution >= 0.6 is 0 Å². The summed E-state index contributed by atoms with van der Waals surface area (Å²) in [5.41, 5.74) is 1.56. The lowest BCUT2D eigenvalue weighted by molar-refractivity contribution is 0.142. The van der Waals surface area contributed by atoms with Crippen molar-refractivity contribution in [1.82, 2.24) is 25.1 Å². The first-order valence-electron chi connectivity index (χ1n) is 6.05. The zero-order chi connectivity index (χ0) is 13.4. The van der Waals surface area contributed by atoms with E-state index in [0.29, 0.717) is 31.8 Å². The van der Waals surface area contributed by atoms with Crippen LogP contribution in [0.1, 0.15) is 5.69 Å². The molecule has 0 atom stereocenters. The van der Waals surface area contributed by atoms with E-state index in [9.17, 15) is 4.79 Å². The lowest BCUT2D eigenvalue weighted by atomic mass is 10.2. The predicted octanol–water partition coefficient (Wildman–Crippen LogP) is 0.461. The molecular weight excluding hydrogens is 248 g/mol. The zero-order valence-electron chi connectivity index (χ0n) is 10.5. The van der Waals surface area contributed by atoms with Crippen LogP contribution in [0.3, 0.4) is 0 Å². The number of nitrogens with one attached hydrogen (secondary N) is 1. The average Bonchev–Trinajstić information content (AvgIpc) is 2.81. The molecule has 0 bridgehead atoms. The Kier molecular flexibility index (Phi) is 2.69. The fourth-order valence-corrected chi connectivity index (χ4v) is 2.34. The highest BCUT2D eigenvalue weighted by molar-refractivity contribution is 5.89. The van der Waals surface area contributed by atoms with E-state index in [4.69, 9.17) is 5.11 Å². The van der Waals surface area contributed by atoms with Crippen molar-refractivity contribution >= 4 is 22.9 Å². The molecule has 2 N–H and O–H groups in total. The summed E-state index contributed by atoms with van der Waals surface area (Å²) in [6.45, 7) is 4.13. The van der Waals surface area contributed by atoms with Crippen LogP contribution in [0.5, 0.6) is 0 Å². The summed E-state index contributed by atoms with van der Waals surface area (Å²) in [7, 11) is 0. The van der Waals surface area contributed by atoms with Gasteiger partial charge in [-0.15, -0.1) is 0 Å². The minimum absolute atomic E-state index is 0.484. The Morgan fingerprint density at radius 1 is 1.32 bits per heavy atom. The number of carboxylic acid groups (broad SMARTS) is 1. The number of aromatic amines is 1. The van der Waals surface area contributed by atoms with E-state index in [1.807, 2.05) is 6.92 Å². The number of hydrogen-bond donors (Lipinski definition) is 2. The quantitative estimate of drug-likeness (QED) is 0.774. The Labute approximate surface area is 109 Å². The molecule has 0 saturated carbocycles. The first kappa shape index (κ1) is 11.7. The Balaban J connectivity index is 1.90. The van der Waals surface area contributed by atoms with Crippen molar-refractivity contribution in [3.05, 3.63) is 12.0 Å². The second-order valence-electron chi connectivity index (χ2n) is 4.49. The van der Waals surface area contributed by atoms with E-state index in [0.717, 1.165) is 16.9 Å². The van der Waals surface area contributed by atoms with E-state index in [2.05, 4.69) is 25.1 Å². The number of amides is 1. The van der Waals surface area contributed by atoms with Crippen molar-refractivity contribution < 1.29 is 9.90 Å². The van der Waals surface area contributed by atoms with E-state index >= 15 is 0 Å². The van der Waals surface area contributed by atoms with Gasteiger partial charge in [-0.2, -0.15) is 5.10 Å². The predicted molar refractivity (Wildman–Crippen MR) is 68.2 cm³/mol. The van der Waals surface area contributed by atoms with Gasteiger partial charge < -0.3 is 14.9 Å². The summed E-state index contributed by atoms with van der Waals surface area (Å²) in [4.78, 5) is 22.8. The highest BCUT2D eigenvalue weighted by atomic mass is 16.4. The monoisotopic (exact) mass is 262 g/mol. The summed E-state index contributed by atoms with van der Waals surface area (Å²) in [5, 5.41) is 16.9. The summed E-state index contributed by atoms with van der Waals surface area (Å²) in [6.07, 6.45) is 0.630. The van der Waals surface area contributed by atoms with Gasteiger partial charge in [-0.25, -0.2) is 14.8 Å². The fraction of sp³-hybridized carbons (Fsp3) is 0.455. The van der Waals surface area contributed by atoms with Gasteiger partial charge in [0.2, 0.25) is 0 Å². The maximum Gasteiger partial charge on any atom is 0.407 e. The van der Waals surface area contributed by atoms with Crippen LogP contribution in [-0.4, -0.2) is 62.4 Å². The van der Waals surface area contributed by atoms with Crippen LogP contribution in [-0.2, 0) is 0 Å². The van der Waals surface area contributed by atoms with E-state index < -0.39 is 6.09 Å². The van der Waals surface area contributed by atoms with Crippen LogP contribution in [0, 0.1) is 6.92 Å². The second-order valence-corrected chi connectivity index (χ2v) is 4.49. The van der Waals surface area contributed by atoms with Gasteiger partial charge in [-0.1, -0.05) is 0 Å². The number of rotatable bonds is 1. The Morgan fingerprint density at radius 3 is 2.74 bits per heavy atom. The number of anilines is 1. The molecule has 0 aliphatic carbocycles. The van der Waals surface area contributed by atoms with Gasteiger partial charge in [0.15, 0.2) is 5.65 Å². The third-order valence-electron chi connectivity index (χ3n) is 3.37. The molecule has 3 heterocycles. The molecule has 3 rings (SSSR count). The zero-order valence-corrected chi connectivity index (χ0v) is 10.5. The average molecular weight is 262 g/mol. The molecule has 1 aliphatic rings. The first-order chi connectivity index (χ1) is 9.16. The molecule has 8 nitrogen and oxygen atoms in total. The third kappa shape index (κ3) is 1.94. The highest BCUT2D eigenvalue weighted by Crippen LogP contribution is 2.25. The molecule has 0 radical (unpaired) electrons. The second kappa shape index (κ2) is 4.38. The van der Waals surface area contributed by atoms with Crippen molar-refractivity contribution in [2.75, 3.05) is 31.1 Å². The summed E-state index contributed by atoms with van der Waals surface area (Å²) in [6, 6.07) is 0. The number of H-pyrrole nitrogens is 1. The molecule has 1 saturated heterocycles. The molecule has 100 valence electrons. The molecule has 0 unspecified atom stereocenters. The number of fused-ring (bicyclic) bond motifs is 1. The number of aryl methyl sites for hydroxylation is 1. The lowest BCUT2D eigenvalue weighted by Gasteiger charge is -2.34. The van der Waals surface area contributed by atoms with Gasteiger partial charge in [0.1, 0.15) is 12.1 Å². The summed E-state index contributed by atoms with van der Waals surface area (Å²) in [5.74, 6) is 0.821. The molecule has 1 amide bonds. The molecule has 2 aromatic heterocycles. The van der Waals surface area contributed by atoms with Crippen LogP contribution in [0.15, 0.2) is 6.33 Å². The molecule has 0 aromatic carbocycles. The third-order valence-corrected chi connectivity index (χ3v) is 3.37. The Hall–Kier alpha value is -2.38. The topological polar surface area (TPSA) is 98.2 Å². The fourth-order valence-electron chi connectivity index (χ4n) is 2.34. The summed E-state index contributed by atoms with van der Waals surface area (Å²) < 4.78 is 0. The Morgan fingerprint density at radius 2 is 2.05 bits per heavy atom. The molecule has 2 aromatic rings. The number of piperazine rings is 1. The summed E-state index contributed by atoms with van der Waals surface area (Å²) >= 11 is 0. The normalized spacial score (nSPS) is 16.1. The highest BCUT2D eigenvalue weighted by Gasteiger charge is 2.23. The first-order valence-corrected chi connectivity index (χ1v) is 6.05. The van der Waals surface area contributed by atoms with Gasteiger partial charge in [-0.05, 0) is 6.92 Å². The van der Waals surface area contributed by atoms with Crippen molar-refractivity contribution in [2.45, 2.75) is 6.92 Å². The van der Waals surface area contributed by atoms with Gasteiger partial charge in [0.05, 0.1) is 11.1 Å². The van der Waals surface area contributed by atoms with Gasteiger partial charge in [0, 0.05) is 26.2 Å². The maximum absolute atomic E-state index is 10.9. The Bertz CT molecular complexity index is 617. The number of nitrogens with zero attached hydrogens (tertiary/aromatic N) is 5. The largest absolute Gasteiger partial charge is 0.465 e. The van der Waals surface area contributed by atoms with Crippen molar-refractivity contribution in [3.8, 4) is 0 Å². The standard InChI is InChI=1S/C11H14N6O2/c1-7-8-9(15-14-7)12-6-13-10(8)16-2-4-17(5-3-16)11(18)19/h6H,2-5H2,1H3,(H,18,19)(H,12,13,14,15). The van der Waals surface area contributed by atoms with Gasteiger partial charge >= 0.3 is 6.09 Å². The van der Waals surface area contributed by atoms with Crippen LogP contribution in [0.2, 0.25) is 0 Å². The van der Waals surface area contributed by atoms with Crippen molar-refractivity contribution in [2.24, 2.45) is 0 Å². The van der Waals surface area contributed by atoms with Gasteiger partial charge in [0.25, 0.3) is 0 Å². The molecule has 1 fully saturated rings. The van der Waals surface area contributed by atoms with E-state index in [1.54, 1.807) is 0 Å². The number of aromatic nitrogens is 4. The minimum Gasteiger partial charge on any atom is -0.465 e. The van der Waals surface area contributed by atoms with Crippen LogP contribution in [0.25, 0.3) is 11.0 Å². The van der Waals surface area contributed by atoms with Crippen LogP contribution < -0.4 is 4.90 Å². The maximum atomic E-state index is 10.9. The van der Waals surface area contributed by atoms with E-state index in [-0.39, 0.29) is 0 Å². The van der Waals surface area contributed by atoms with Crippen molar-refractivity contribution in [3.63, 3.8) is 0 Å². The molecular formula is C11H14N6O2. The van der Waals surface area contributed by atoms with Gasteiger partial charge in [-0.3, -0.25) is 5.10 Å². The molecule has 0 spiro atoms.